The Labute approximate surface area is 157 Å². The van der Waals surface area contributed by atoms with Crippen molar-refractivity contribution in [2.24, 2.45) is 0 Å². The first-order chi connectivity index (χ1) is 12.6. The standard InChI is InChI=1S/C20H22N2O3S/c1-14-6-4-7-15(12-14)25-11-5-10-21-19(23)13-18-20(24)22-16-8-2-3-9-17(16)26-18/h2-4,6-9,12,18H,5,10-11,13H2,1H3,(H,21,23)(H,22,24). The van der Waals surface area contributed by atoms with Crippen LogP contribution in [0.3, 0.4) is 0 Å². The number of ether oxygens (including phenoxy) is 1. The summed E-state index contributed by atoms with van der Waals surface area (Å²) >= 11 is 1.44. The molecule has 2 N–H and O–H groups in total. The van der Waals surface area contributed by atoms with Gasteiger partial charge in [-0.05, 0) is 43.2 Å². The molecular weight excluding hydrogens is 348 g/mol. The van der Waals surface area contributed by atoms with E-state index in [-0.39, 0.29) is 18.2 Å². The molecule has 5 nitrogen and oxygen atoms in total. The summed E-state index contributed by atoms with van der Waals surface area (Å²) in [5.41, 5.74) is 1.97. The lowest BCUT2D eigenvalue weighted by Gasteiger charge is -2.23. The summed E-state index contributed by atoms with van der Waals surface area (Å²) in [6.07, 6.45) is 0.885. The van der Waals surface area contributed by atoms with Crippen molar-refractivity contribution in [3.8, 4) is 5.75 Å². The molecule has 3 rings (SSSR count). The summed E-state index contributed by atoms with van der Waals surface area (Å²) in [6.45, 7) is 3.08. The van der Waals surface area contributed by atoms with E-state index in [0.717, 1.165) is 21.9 Å². The van der Waals surface area contributed by atoms with Crippen LogP contribution in [0.25, 0.3) is 0 Å². The van der Waals surface area contributed by atoms with Crippen LogP contribution in [0.4, 0.5) is 5.69 Å². The number of nitrogens with one attached hydrogen (secondary N) is 2. The van der Waals surface area contributed by atoms with Crippen LogP contribution in [0.15, 0.2) is 53.4 Å². The molecule has 136 valence electrons. The summed E-state index contributed by atoms with van der Waals surface area (Å²) in [7, 11) is 0. The molecule has 0 radical (unpaired) electrons. The van der Waals surface area contributed by atoms with Crippen molar-refractivity contribution in [3.63, 3.8) is 0 Å². The highest BCUT2D eigenvalue weighted by Gasteiger charge is 2.28. The van der Waals surface area contributed by atoms with Crippen molar-refractivity contribution < 1.29 is 14.3 Å². The molecule has 0 spiro atoms. The van der Waals surface area contributed by atoms with Gasteiger partial charge in [0.1, 0.15) is 5.75 Å². The Morgan fingerprint density at radius 1 is 1.23 bits per heavy atom. The fourth-order valence-corrected chi connectivity index (χ4v) is 3.77. The zero-order chi connectivity index (χ0) is 18.4. The lowest BCUT2D eigenvalue weighted by molar-refractivity contribution is -0.124. The molecule has 2 aromatic rings. The lowest BCUT2D eigenvalue weighted by Crippen LogP contribution is -2.35. The number of benzene rings is 2. The minimum atomic E-state index is -0.395. The Balaban J connectivity index is 1.37. The maximum Gasteiger partial charge on any atom is 0.238 e. The van der Waals surface area contributed by atoms with Gasteiger partial charge >= 0.3 is 0 Å². The molecule has 0 aromatic heterocycles. The number of thioether (sulfide) groups is 1. The molecule has 1 unspecified atom stereocenters. The van der Waals surface area contributed by atoms with Gasteiger partial charge in [-0.1, -0.05) is 24.3 Å². The molecule has 1 heterocycles. The Kier molecular flexibility index (Phi) is 6.17. The number of hydrogen-bond donors (Lipinski definition) is 2. The minimum absolute atomic E-state index is 0.118. The average Bonchev–Trinajstić information content (AvgIpc) is 2.62. The summed E-state index contributed by atoms with van der Waals surface area (Å²) in [4.78, 5) is 25.2. The third kappa shape index (κ3) is 5.02. The molecule has 1 aliphatic heterocycles. The predicted octanol–water partition coefficient (Wildman–Crippen LogP) is 3.38. The lowest BCUT2D eigenvalue weighted by atomic mass is 10.2. The summed E-state index contributed by atoms with van der Waals surface area (Å²) < 4.78 is 5.66. The topological polar surface area (TPSA) is 67.4 Å². The van der Waals surface area contributed by atoms with Crippen LogP contribution in [0.5, 0.6) is 5.75 Å². The smallest absolute Gasteiger partial charge is 0.238 e. The number of hydrogen-bond acceptors (Lipinski definition) is 4. The second kappa shape index (κ2) is 8.76. The van der Waals surface area contributed by atoms with Gasteiger partial charge in [0.15, 0.2) is 0 Å². The highest BCUT2D eigenvalue weighted by atomic mass is 32.2. The first-order valence-corrected chi connectivity index (χ1v) is 9.52. The number of anilines is 1. The number of aryl methyl sites for hydroxylation is 1. The third-order valence-corrected chi connectivity index (χ3v) is 5.25. The number of fused-ring (bicyclic) bond motifs is 1. The second-order valence-corrected chi connectivity index (χ2v) is 7.41. The van der Waals surface area contributed by atoms with Crippen LogP contribution < -0.4 is 15.4 Å². The Hall–Kier alpha value is -2.47. The maximum atomic E-state index is 12.1. The van der Waals surface area contributed by atoms with E-state index in [1.807, 2.05) is 55.5 Å². The summed E-state index contributed by atoms with van der Waals surface area (Å²) in [5, 5.41) is 5.32. The van der Waals surface area contributed by atoms with Crippen LogP contribution in [0.1, 0.15) is 18.4 Å². The van der Waals surface area contributed by atoms with Gasteiger partial charge in [-0.3, -0.25) is 9.59 Å². The van der Waals surface area contributed by atoms with Crippen molar-refractivity contribution in [2.45, 2.75) is 29.9 Å². The molecule has 0 aliphatic carbocycles. The van der Waals surface area contributed by atoms with E-state index in [0.29, 0.717) is 19.6 Å². The molecular formula is C20H22N2O3S. The monoisotopic (exact) mass is 370 g/mol. The molecule has 2 amide bonds. The van der Waals surface area contributed by atoms with Crippen LogP contribution in [-0.2, 0) is 9.59 Å². The van der Waals surface area contributed by atoms with Crippen molar-refractivity contribution in [1.29, 1.82) is 0 Å². The van der Waals surface area contributed by atoms with Gasteiger partial charge in [-0.2, -0.15) is 0 Å². The van der Waals surface area contributed by atoms with E-state index in [1.54, 1.807) is 0 Å². The van der Waals surface area contributed by atoms with Crippen LogP contribution in [-0.4, -0.2) is 30.2 Å². The quantitative estimate of drug-likeness (QED) is 0.733. The molecule has 0 bridgehead atoms. The van der Waals surface area contributed by atoms with Crippen LogP contribution >= 0.6 is 11.8 Å². The fraction of sp³-hybridized carbons (Fsp3) is 0.300. The maximum absolute atomic E-state index is 12.1. The van der Waals surface area contributed by atoms with Gasteiger partial charge in [0.2, 0.25) is 11.8 Å². The van der Waals surface area contributed by atoms with E-state index in [2.05, 4.69) is 10.6 Å². The molecule has 2 aromatic carbocycles. The van der Waals surface area contributed by atoms with Crippen molar-refractivity contribution in [2.75, 3.05) is 18.5 Å². The average molecular weight is 370 g/mol. The molecule has 0 fully saturated rings. The van der Waals surface area contributed by atoms with E-state index in [4.69, 9.17) is 4.74 Å². The van der Waals surface area contributed by atoms with Crippen LogP contribution in [0.2, 0.25) is 0 Å². The van der Waals surface area contributed by atoms with Gasteiger partial charge in [-0.15, -0.1) is 11.8 Å². The van der Waals surface area contributed by atoms with Gasteiger partial charge in [0.05, 0.1) is 17.5 Å². The third-order valence-electron chi connectivity index (χ3n) is 3.98. The van der Waals surface area contributed by atoms with E-state index in [1.165, 1.54) is 11.8 Å². The summed E-state index contributed by atoms with van der Waals surface area (Å²) in [5.74, 6) is 0.601. The van der Waals surface area contributed by atoms with Crippen molar-refractivity contribution >= 4 is 29.3 Å². The number of para-hydroxylation sites is 1. The molecule has 1 aliphatic rings. The zero-order valence-corrected chi connectivity index (χ0v) is 15.5. The Bertz CT molecular complexity index is 794. The van der Waals surface area contributed by atoms with Gasteiger partial charge in [-0.25, -0.2) is 0 Å². The SMILES string of the molecule is Cc1cccc(OCCCNC(=O)CC2Sc3ccccc3NC2=O)c1. The molecule has 26 heavy (non-hydrogen) atoms. The Morgan fingerprint density at radius 2 is 2.08 bits per heavy atom. The molecule has 1 atom stereocenters. The molecule has 0 saturated heterocycles. The Morgan fingerprint density at radius 3 is 2.92 bits per heavy atom. The zero-order valence-electron chi connectivity index (χ0n) is 14.7. The van der Waals surface area contributed by atoms with E-state index < -0.39 is 5.25 Å². The summed E-state index contributed by atoms with van der Waals surface area (Å²) in [6, 6.07) is 15.5. The predicted molar refractivity (Wildman–Crippen MR) is 104 cm³/mol. The number of carbonyl (C=O) groups is 2. The van der Waals surface area contributed by atoms with Crippen LogP contribution in [0, 0.1) is 6.92 Å². The number of amides is 2. The molecule has 6 heteroatoms. The highest BCUT2D eigenvalue weighted by molar-refractivity contribution is 8.01. The normalized spacial score (nSPS) is 15.7. The first-order valence-electron chi connectivity index (χ1n) is 8.64. The van der Waals surface area contributed by atoms with Gasteiger partial charge < -0.3 is 15.4 Å². The van der Waals surface area contributed by atoms with E-state index >= 15 is 0 Å². The second-order valence-electron chi connectivity index (χ2n) is 6.16. The van der Waals surface area contributed by atoms with Gasteiger partial charge in [0, 0.05) is 17.9 Å². The number of rotatable bonds is 7. The minimum Gasteiger partial charge on any atom is -0.494 e. The largest absolute Gasteiger partial charge is 0.494 e. The highest BCUT2D eigenvalue weighted by Crippen LogP contribution is 2.36. The fourth-order valence-electron chi connectivity index (χ4n) is 2.66. The van der Waals surface area contributed by atoms with Gasteiger partial charge in [0.25, 0.3) is 0 Å². The van der Waals surface area contributed by atoms with E-state index in [9.17, 15) is 9.59 Å². The first kappa shape index (κ1) is 18.3. The van der Waals surface area contributed by atoms with Crippen molar-refractivity contribution in [1.82, 2.24) is 5.32 Å². The van der Waals surface area contributed by atoms with Crippen molar-refractivity contribution in [3.05, 3.63) is 54.1 Å². The molecule has 0 saturated carbocycles. The number of carbonyl (C=O) groups excluding carboxylic acids is 2.